The molecule has 0 saturated heterocycles. The Morgan fingerprint density at radius 2 is 0.250 bits per heavy atom. The van der Waals surface area contributed by atoms with Gasteiger partial charge in [0.15, 0.2) is 0 Å². The Kier molecular flexibility index (Phi) is 15.2. The van der Waals surface area contributed by atoms with Crippen LogP contribution in [0.1, 0.15) is 77.0 Å². The van der Waals surface area contributed by atoms with Crippen molar-refractivity contribution < 1.29 is 0 Å². The van der Waals surface area contributed by atoms with E-state index in [1.165, 1.54) is 77.0 Å². The van der Waals surface area contributed by atoms with E-state index in [4.69, 9.17) is 0 Å². The van der Waals surface area contributed by atoms with E-state index in [1.807, 2.05) is 0 Å². The van der Waals surface area contributed by atoms with E-state index < -0.39 is 0 Å². The lowest BCUT2D eigenvalue weighted by Crippen LogP contribution is -1.71. The van der Waals surface area contributed by atoms with Crippen LogP contribution in [0.5, 0.6) is 0 Å². The van der Waals surface area contributed by atoms with Crippen molar-refractivity contribution in [2.75, 3.05) is 0 Å². The topological polar surface area (TPSA) is 0 Å². The van der Waals surface area contributed by atoms with Crippen molar-refractivity contribution in [2.45, 2.75) is 77.0 Å². The van der Waals surface area contributed by atoms with Crippen molar-refractivity contribution in [2.24, 2.45) is 0 Å². The van der Waals surface area contributed by atoms with E-state index in [9.17, 15) is 0 Å². The third-order valence-electron chi connectivity index (χ3n) is 4.00. The fraction of sp³-hybridized carbons (Fsp3) is 0.500. The van der Waals surface area contributed by atoms with Crippen LogP contribution in [-0.4, -0.2) is 0 Å². The van der Waals surface area contributed by atoms with Crippen molar-refractivity contribution >= 4 is 0 Å². The van der Waals surface area contributed by atoms with Crippen molar-refractivity contribution in [3.05, 3.63) is 72.9 Å². The fourth-order valence-corrected chi connectivity index (χ4v) is 2.57. The minimum absolute atomic E-state index is 1.17. The lowest BCUT2D eigenvalue weighted by Gasteiger charge is -1.92. The second-order valence-electron chi connectivity index (χ2n) is 6.29. The lowest BCUT2D eigenvalue weighted by atomic mass is 10.1. The largest absolute Gasteiger partial charge is 0.0882 e. The molecular formula is C24H36. The molecule has 0 spiro atoms. The molecule has 0 aromatic heterocycles. The first-order valence-electron chi connectivity index (χ1n) is 9.90. The van der Waals surface area contributed by atoms with E-state index in [0.29, 0.717) is 0 Å². The summed E-state index contributed by atoms with van der Waals surface area (Å²) in [7, 11) is 0. The second-order valence-corrected chi connectivity index (χ2v) is 6.29. The van der Waals surface area contributed by atoms with Crippen molar-refractivity contribution in [3.8, 4) is 0 Å². The zero-order chi connectivity index (χ0) is 17.0. The summed E-state index contributed by atoms with van der Waals surface area (Å²) in [5, 5.41) is 0. The second kappa shape index (κ2) is 17.8. The van der Waals surface area contributed by atoms with E-state index in [1.54, 1.807) is 0 Å². The molecule has 1 rings (SSSR count). The summed E-state index contributed by atoms with van der Waals surface area (Å²) in [6, 6.07) is 0. The summed E-state index contributed by atoms with van der Waals surface area (Å²) in [5.74, 6) is 0. The van der Waals surface area contributed by atoms with Gasteiger partial charge in [0.2, 0.25) is 0 Å². The van der Waals surface area contributed by atoms with E-state index in [-0.39, 0.29) is 0 Å². The van der Waals surface area contributed by atoms with Crippen molar-refractivity contribution in [1.29, 1.82) is 0 Å². The molecule has 0 unspecified atom stereocenters. The van der Waals surface area contributed by atoms with E-state index >= 15 is 0 Å². The highest BCUT2D eigenvalue weighted by Crippen LogP contribution is 2.03. The molecule has 0 nitrogen and oxygen atoms in total. The highest BCUT2D eigenvalue weighted by Gasteiger charge is 1.83. The highest BCUT2D eigenvalue weighted by atomic mass is 13.9. The zero-order valence-corrected chi connectivity index (χ0v) is 15.4. The maximum Gasteiger partial charge on any atom is -0.0316 e. The molecular weight excluding hydrogens is 288 g/mol. The molecule has 0 heterocycles. The molecule has 0 radical (unpaired) electrons. The average molecular weight is 325 g/mol. The smallest absolute Gasteiger partial charge is 0.0316 e. The van der Waals surface area contributed by atoms with Crippen LogP contribution in [0, 0.1) is 0 Å². The van der Waals surface area contributed by atoms with Gasteiger partial charge in [0.05, 0.1) is 0 Å². The predicted molar refractivity (Wildman–Crippen MR) is 110 cm³/mol. The molecule has 132 valence electrons. The van der Waals surface area contributed by atoms with Gasteiger partial charge in [-0.25, -0.2) is 0 Å². The van der Waals surface area contributed by atoms with Gasteiger partial charge in [-0.15, -0.1) is 0 Å². The van der Waals surface area contributed by atoms with Gasteiger partial charge >= 0.3 is 0 Å². The first-order chi connectivity index (χ1) is 12.0. The highest BCUT2D eigenvalue weighted by molar-refractivity contribution is 4.94. The van der Waals surface area contributed by atoms with Gasteiger partial charge in [-0.2, -0.15) is 0 Å². The Labute approximate surface area is 150 Å². The Hall–Kier alpha value is -1.56. The fourth-order valence-electron chi connectivity index (χ4n) is 2.57. The maximum absolute atomic E-state index is 2.33. The minimum atomic E-state index is 1.17. The average Bonchev–Trinajstić information content (AvgIpc) is 2.59. The van der Waals surface area contributed by atoms with Gasteiger partial charge in [-0.1, -0.05) is 72.9 Å². The van der Waals surface area contributed by atoms with Crippen LogP contribution in [-0.2, 0) is 0 Å². The Morgan fingerprint density at radius 3 is 0.333 bits per heavy atom. The van der Waals surface area contributed by atoms with Crippen LogP contribution in [0.15, 0.2) is 72.9 Å². The maximum atomic E-state index is 2.33. The number of rotatable bonds is 0. The molecule has 0 bridgehead atoms. The third-order valence-corrected chi connectivity index (χ3v) is 4.00. The molecule has 0 aromatic rings. The molecule has 24 heavy (non-hydrogen) atoms. The van der Waals surface area contributed by atoms with Crippen LogP contribution < -0.4 is 0 Å². The molecule has 0 aliphatic heterocycles. The van der Waals surface area contributed by atoms with E-state index in [0.717, 1.165) is 0 Å². The molecule has 0 fully saturated rings. The van der Waals surface area contributed by atoms with Gasteiger partial charge < -0.3 is 0 Å². The normalized spacial score (nSPS) is 28.0. The monoisotopic (exact) mass is 324 g/mol. The Morgan fingerprint density at radius 1 is 0.167 bits per heavy atom. The Bertz CT molecular complexity index is 284. The summed E-state index contributed by atoms with van der Waals surface area (Å²) in [6.07, 6.45) is 42.0. The summed E-state index contributed by atoms with van der Waals surface area (Å²) >= 11 is 0. The molecule has 0 amide bonds. The molecule has 1 aliphatic rings. The molecule has 0 saturated carbocycles. The minimum Gasteiger partial charge on any atom is -0.0882 e. The van der Waals surface area contributed by atoms with Gasteiger partial charge in [0, 0.05) is 0 Å². The van der Waals surface area contributed by atoms with Crippen LogP contribution in [0.25, 0.3) is 0 Å². The standard InChI is InChI=1S/C24H36/c1-2-4-6-8-10-12-14-16-18-20-22-24-23-21-19-17-15-13-11-9-7-5-3-1/h1-2,7-10,15-18,23-24H,3-6,11-14,19-22H2/b2-1-,9-7+,10-8+,17-15-,18-16+,24-23+. The van der Waals surface area contributed by atoms with Crippen LogP contribution >= 0.6 is 0 Å². The summed E-state index contributed by atoms with van der Waals surface area (Å²) < 4.78 is 0. The number of hydrogen-bond donors (Lipinski definition) is 0. The SMILES string of the molecule is C1=C\CC/C=C/CC/C=C/CC/C=C/CC/C=C\CC/C=C/CC/1. The molecule has 0 atom stereocenters. The van der Waals surface area contributed by atoms with Crippen LogP contribution in [0.2, 0.25) is 0 Å². The number of allylic oxidation sites excluding steroid dienone is 12. The summed E-state index contributed by atoms with van der Waals surface area (Å²) in [6.45, 7) is 0. The zero-order valence-electron chi connectivity index (χ0n) is 15.4. The number of hydrogen-bond acceptors (Lipinski definition) is 0. The van der Waals surface area contributed by atoms with Gasteiger partial charge in [-0.3, -0.25) is 0 Å². The summed E-state index contributed by atoms with van der Waals surface area (Å²) in [5.41, 5.74) is 0. The lowest BCUT2D eigenvalue weighted by molar-refractivity contribution is 0.962. The van der Waals surface area contributed by atoms with Gasteiger partial charge in [0.25, 0.3) is 0 Å². The van der Waals surface area contributed by atoms with Crippen molar-refractivity contribution in [3.63, 3.8) is 0 Å². The van der Waals surface area contributed by atoms with Crippen LogP contribution in [0.3, 0.4) is 0 Å². The predicted octanol–water partition coefficient (Wildman–Crippen LogP) is 8.02. The Balaban J connectivity index is 2.29. The quantitative estimate of drug-likeness (QED) is 0.396. The molecule has 1 aliphatic carbocycles. The first kappa shape index (κ1) is 20.5. The molecule has 0 N–H and O–H groups in total. The first-order valence-corrected chi connectivity index (χ1v) is 9.90. The third kappa shape index (κ3) is 15.3. The molecule has 0 heteroatoms. The van der Waals surface area contributed by atoms with Crippen molar-refractivity contribution in [1.82, 2.24) is 0 Å². The van der Waals surface area contributed by atoms with Gasteiger partial charge in [0.1, 0.15) is 0 Å². The summed E-state index contributed by atoms with van der Waals surface area (Å²) in [4.78, 5) is 0. The van der Waals surface area contributed by atoms with E-state index in [2.05, 4.69) is 72.9 Å². The van der Waals surface area contributed by atoms with Crippen LogP contribution in [0.4, 0.5) is 0 Å². The molecule has 0 aromatic carbocycles. The van der Waals surface area contributed by atoms with Gasteiger partial charge in [-0.05, 0) is 77.0 Å².